The highest BCUT2D eigenvalue weighted by atomic mass is 16.5. The van der Waals surface area contributed by atoms with E-state index in [-0.39, 0.29) is 0 Å². The van der Waals surface area contributed by atoms with Gasteiger partial charge in [0.1, 0.15) is 12.8 Å². The molecule has 0 heterocycles. The van der Waals surface area contributed by atoms with E-state index >= 15 is 0 Å². The average Bonchev–Trinajstić information content (AvgIpc) is 2.38. The Morgan fingerprint density at radius 2 is 1.54 bits per heavy atom. The largest absolute Gasteiger partial charge is 0.241 e. The summed E-state index contributed by atoms with van der Waals surface area (Å²) in [4.78, 5) is 0. The molecule has 0 aromatic rings. The zero-order chi connectivity index (χ0) is 9.26. The Kier molecular flexibility index (Phi) is 2.83. The number of rotatable bonds is 2. The molecule has 2 fully saturated rings. The molecular formula is C12H21O+. The first kappa shape index (κ1) is 9.39. The fourth-order valence-corrected chi connectivity index (χ4v) is 3.43. The first-order chi connectivity index (χ1) is 6.33. The number of methoxy groups -OCH3 is 1. The second kappa shape index (κ2) is 3.91. The lowest BCUT2D eigenvalue weighted by Crippen LogP contribution is -2.21. The second-order valence-corrected chi connectivity index (χ2v) is 4.72. The fraction of sp³-hybridized carbons (Fsp3) is 0.917. The third-order valence-corrected chi connectivity index (χ3v) is 4.12. The molecule has 2 bridgehead atoms. The summed E-state index contributed by atoms with van der Waals surface area (Å²) < 4.78 is 5.44. The van der Waals surface area contributed by atoms with Crippen molar-refractivity contribution in [1.29, 1.82) is 0 Å². The lowest BCUT2D eigenvalue weighted by Gasteiger charge is -2.17. The smallest absolute Gasteiger partial charge is 0.197 e. The third-order valence-electron chi connectivity index (χ3n) is 4.12. The van der Waals surface area contributed by atoms with E-state index in [0.29, 0.717) is 0 Å². The van der Waals surface area contributed by atoms with Crippen LogP contribution in [0.4, 0.5) is 0 Å². The van der Waals surface area contributed by atoms with Crippen LogP contribution in [0.15, 0.2) is 0 Å². The highest BCUT2D eigenvalue weighted by Crippen LogP contribution is 2.49. The molecule has 0 saturated heterocycles. The van der Waals surface area contributed by atoms with Gasteiger partial charge in [0, 0.05) is 11.8 Å². The van der Waals surface area contributed by atoms with E-state index in [1.54, 1.807) is 0 Å². The molecule has 1 heteroatoms. The van der Waals surface area contributed by atoms with Crippen molar-refractivity contribution in [2.45, 2.75) is 45.4 Å². The zero-order valence-electron chi connectivity index (χ0n) is 8.88. The van der Waals surface area contributed by atoms with E-state index in [9.17, 15) is 0 Å². The summed E-state index contributed by atoms with van der Waals surface area (Å²) in [5.74, 6) is 2.70. The Labute approximate surface area is 81.9 Å². The van der Waals surface area contributed by atoms with Crippen molar-refractivity contribution in [2.24, 2.45) is 17.8 Å². The van der Waals surface area contributed by atoms with E-state index in [4.69, 9.17) is 4.74 Å². The molecule has 0 aromatic carbocycles. The molecule has 2 saturated carbocycles. The van der Waals surface area contributed by atoms with Crippen LogP contribution in [0.3, 0.4) is 0 Å². The molecule has 2 atom stereocenters. The Balaban J connectivity index is 2.07. The number of fused-ring (bicyclic) bond motifs is 2. The van der Waals surface area contributed by atoms with E-state index in [1.165, 1.54) is 44.6 Å². The Morgan fingerprint density at radius 3 is 2.00 bits per heavy atom. The number of hydrogen-bond donors (Lipinski definition) is 0. The molecule has 74 valence electrons. The molecule has 2 rings (SSSR count). The van der Waals surface area contributed by atoms with E-state index in [1.807, 2.05) is 7.11 Å². The molecule has 13 heavy (non-hydrogen) atoms. The van der Waals surface area contributed by atoms with Crippen LogP contribution in [0.5, 0.6) is 0 Å². The van der Waals surface area contributed by atoms with E-state index in [0.717, 1.165) is 17.8 Å². The molecule has 0 aliphatic heterocycles. The standard InChI is InChI=1S/C12H21O/c1-9(13-2)12-10-5-3-4-6-11(12)8-7-10/h10-12H,3-8H2,1-2H3/q+1. The second-order valence-electron chi connectivity index (χ2n) is 4.72. The summed E-state index contributed by atoms with van der Waals surface area (Å²) in [5, 5.41) is 0. The first-order valence-corrected chi connectivity index (χ1v) is 5.70. The summed E-state index contributed by atoms with van der Waals surface area (Å²) in [7, 11) is 1.83. The highest BCUT2D eigenvalue weighted by Gasteiger charge is 2.47. The van der Waals surface area contributed by atoms with Crippen LogP contribution in [0.25, 0.3) is 0 Å². The van der Waals surface area contributed by atoms with Crippen molar-refractivity contribution in [3.05, 3.63) is 6.10 Å². The minimum absolute atomic E-state index is 0.799. The molecule has 0 amide bonds. The van der Waals surface area contributed by atoms with Gasteiger partial charge in [-0.25, -0.2) is 0 Å². The number of hydrogen-bond acceptors (Lipinski definition) is 1. The Morgan fingerprint density at radius 1 is 1.00 bits per heavy atom. The van der Waals surface area contributed by atoms with Crippen molar-refractivity contribution in [3.63, 3.8) is 0 Å². The van der Waals surface area contributed by atoms with Crippen molar-refractivity contribution >= 4 is 0 Å². The molecule has 2 aliphatic carbocycles. The van der Waals surface area contributed by atoms with Crippen LogP contribution in [-0.4, -0.2) is 7.11 Å². The summed E-state index contributed by atoms with van der Waals surface area (Å²) >= 11 is 0. The summed E-state index contributed by atoms with van der Waals surface area (Å²) in [6.45, 7) is 2.18. The van der Waals surface area contributed by atoms with Gasteiger partial charge in [-0.2, -0.15) is 4.74 Å². The van der Waals surface area contributed by atoms with Gasteiger partial charge in [-0.3, -0.25) is 0 Å². The minimum atomic E-state index is 0.799. The molecule has 0 radical (unpaired) electrons. The van der Waals surface area contributed by atoms with Crippen molar-refractivity contribution in [1.82, 2.24) is 0 Å². The topological polar surface area (TPSA) is 9.23 Å². The first-order valence-electron chi connectivity index (χ1n) is 5.70. The van der Waals surface area contributed by atoms with Gasteiger partial charge in [0.15, 0.2) is 0 Å². The lowest BCUT2D eigenvalue weighted by atomic mass is 9.84. The van der Waals surface area contributed by atoms with Crippen LogP contribution >= 0.6 is 0 Å². The summed E-state index contributed by atoms with van der Waals surface area (Å²) in [6, 6.07) is 0. The Hall–Kier alpha value is -0.170. The van der Waals surface area contributed by atoms with Gasteiger partial charge < -0.3 is 0 Å². The van der Waals surface area contributed by atoms with E-state index < -0.39 is 0 Å². The van der Waals surface area contributed by atoms with Gasteiger partial charge in [0.05, 0.1) is 7.11 Å². The Bertz CT molecular complexity index is 153. The maximum Gasteiger partial charge on any atom is 0.241 e. The summed E-state index contributed by atoms with van der Waals surface area (Å²) in [5.41, 5.74) is 0. The molecule has 2 unspecified atom stereocenters. The van der Waals surface area contributed by atoms with Crippen LogP contribution in [0.1, 0.15) is 45.4 Å². The third kappa shape index (κ3) is 1.71. The lowest BCUT2D eigenvalue weighted by molar-refractivity contribution is 0.122. The molecule has 0 N–H and O–H groups in total. The van der Waals surface area contributed by atoms with Gasteiger partial charge in [0.25, 0.3) is 0 Å². The van der Waals surface area contributed by atoms with Crippen LogP contribution in [0.2, 0.25) is 0 Å². The van der Waals surface area contributed by atoms with E-state index in [2.05, 4.69) is 6.92 Å². The normalized spacial score (nSPS) is 38.8. The SMILES string of the molecule is CO[C+](C)C1C2CCCCC1CC2. The molecular weight excluding hydrogens is 160 g/mol. The maximum absolute atomic E-state index is 5.44. The molecule has 2 aliphatic rings. The number of ether oxygens (including phenoxy) is 1. The average molecular weight is 181 g/mol. The van der Waals surface area contributed by atoms with Crippen LogP contribution in [0, 0.1) is 23.9 Å². The molecule has 0 aromatic heterocycles. The predicted octanol–water partition coefficient (Wildman–Crippen LogP) is 3.40. The van der Waals surface area contributed by atoms with Crippen molar-refractivity contribution in [3.8, 4) is 0 Å². The van der Waals surface area contributed by atoms with Gasteiger partial charge in [-0.15, -0.1) is 0 Å². The van der Waals surface area contributed by atoms with Crippen molar-refractivity contribution < 1.29 is 4.74 Å². The molecule has 0 spiro atoms. The monoisotopic (exact) mass is 181 g/mol. The van der Waals surface area contributed by atoms with Gasteiger partial charge >= 0.3 is 0 Å². The summed E-state index contributed by atoms with van der Waals surface area (Å²) in [6.07, 6.45) is 10.0. The van der Waals surface area contributed by atoms with Crippen LogP contribution < -0.4 is 0 Å². The highest BCUT2D eigenvalue weighted by molar-refractivity contribution is 4.97. The fourth-order valence-electron chi connectivity index (χ4n) is 3.43. The van der Waals surface area contributed by atoms with Crippen molar-refractivity contribution in [2.75, 3.05) is 7.11 Å². The minimum Gasteiger partial charge on any atom is -0.197 e. The van der Waals surface area contributed by atoms with Gasteiger partial charge in [0.2, 0.25) is 6.10 Å². The maximum atomic E-state index is 5.44. The quantitative estimate of drug-likeness (QED) is 0.593. The van der Waals surface area contributed by atoms with Gasteiger partial charge in [-0.05, 0) is 25.7 Å². The van der Waals surface area contributed by atoms with Crippen LogP contribution in [-0.2, 0) is 4.74 Å². The van der Waals surface area contributed by atoms with Gasteiger partial charge in [-0.1, -0.05) is 12.8 Å². The predicted molar refractivity (Wildman–Crippen MR) is 54.1 cm³/mol. The molecule has 1 nitrogen and oxygen atoms in total. The zero-order valence-corrected chi connectivity index (χ0v) is 8.88.